The zero-order valence-corrected chi connectivity index (χ0v) is 11.5. The molecular formula is C14H14BrO3-. The number of carboxylic acid groups (broad SMARTS) is 1. The van der Waals surface area contributed by atoms with Crippen LogP contribution in [0.2, 0.25) is 0 Å². The molecule has 1 atom stereocenters. The minimum absolute atomic E-state index is 0.0971. The second-order valence-corrected chi connectivity index (χ2v) is 5.68. The topological polar surface area (TPSA) is 57.2 Å². The van der Waals surface area contributed by atoms with Crippen molar-refractivity contribution >= 4 is 27.7 Å². The molecule has 1 saturated carbocycles. The van der Waals surface area contributed by atoms with E-state index < -0.39 is 5.97 Å². The molecule has 18 heavy (non-hydrogen) atoms. The first kappa shape index (κ1) is 13.3. The van der Waals surface area contributed by atoms with Crippen molar-refractivity contribution < 1.29 is 14.7 Å². The number of Topliss-reactive ketones (excluding diaryl/α,β-unsaturated/α-hetero) is 1. The van der Waals surface area contributed by atoms with Crippen LogP contribution in [0.4, 0.5) is 0 Å². The van der Waals surface area contributed by atoms with Gasteiger partial charge in [-0.2, -0.15) is 0 Å². The highest BCUT2D eigenvalue weighted by Gasteiger charge is 2.31. The zero-order valence-electron chi connectivity index (χ0n) is 9.90. The number of hydrogen-bond donors (Lipinski definition) is 0. The van der Waals surface area contributed by atoms with Crippen LogP contribution >= 0.6 is 15.9 Å². The summed E-state index contributed by atoms with van der Waals surface area (Å²) >= 11 is 3.33. The van der Waals surface area contributed by atoms with Gasteiger partial charge < -0.3 is 9.90 Å². The first-order valence-electron chi connectivity index (χ1n) is 6.04. The summed E-state index contributed by atoms with van der Waals surface area (Å²) in [6, 6.07) is 7.44. The summed E-state index contributed by atoms with van der Waals surface area (Å²) in [5, 5.41) is 10.8. The van der Waals surface area contributed by atoms with Crippen LogP contribution in [-0.2, 0) is 9.59 Å². The Bertz CT molecular complexity index is 449. The molecule has 0 heterocycles. The van der Waals surface area contributed by atoms with E-state index in [9.17, 15) is 14.7 Å². The zero-order chi connectivity index (χ0) is 13.1. The number of rotatable bonds is 6. The number of benzene rings is 1. The maximum Gasteiger partial charge on any atom is 0.136 e. The van der Waals surface area contributed by atoms with Crippen molar-refractivity contribution in [3.63, 3.8) is 0 Å². The van der Waals surface area contributed by atoms with Crippen molar-refractivity contribution in [1.82, 2.24) is 0 Å². The lowest BCUT2D eigenvalue weighted by Gasteiger charge is -2.17. The third kappa shape index (κ3) is 3.67. The fourth-order valence-corrected chi connectivity index (χ4v) is 2.32. The molecule has 1 aromatic rings. The van der Waals surface area contributed by atoms with E-state index in [2.05, 4.69) is 15.9 Å². The predicted molar refractivity (Wildman–Crippen MR) is 68.9 cm³/mol. The number of carboxylic acids is 1. The molecule has 0 aliphatic heterocycles. The summed E-state index contributed by atoms with van der Waals surface area (Å²) in [7, 11) is 0. The van der Waals surface area contributed by atoms with Gasteiger partial charge in [0.25, 0.3) is 0 Å². The van der Waals surface area contributed by atoms with Crippen molar-refractivity contribution in [2.24, 2.45) is 5.92 Å². The summed E-state index contributed by atoms with van der Waals surface area (Å²) in [4.78, 5) is 22.6. The van der Waals surface area contributed by atoms with E-state index in [0.717, 1.165) is 22.9 Å². The Balaban J connectivity index is 2.10. The van der Waals surface area contributed by atoms with Crippen molar-refractivity contribution in [3.05, 3.63) is 34.3 Å². The predicted octanol–water partition coefficient (Wildman–Crippen LogP) is 2.04. The first-order chi connectivity index (χ1) is 8.56. The summed E-state index contributed by atoms with van der Waals surface area (Å²) in [6.45, 7) is 0. The lowest BCUT2D eigenvalue weighted by Crippen LogP contribution is -2.25. The molecule has 0 saturated heterocycles. The van der Waals surface area contributed by atoms with Crippen LogP contribution in [0.1, 0.15) is 37.2 Å². The average Bonchev–Trinajstić information content (AvgIpc) is 3.12. The lowest BCUT2D eigenvalue weighted by atomic mass is 9.90. The number of hydrogen-bond acceptors (Lipinski definition) is 3. The molecular weight excluding hydrogens is 296 g/mol. The second-order valence-electron chi connectivity index (χ2n) is 4.77. The van der Waals surface area contributed by atoms with Gasteiger partial charge >= 0.3 is 0 Å². The molecule has 1 aliphatic carbocycles. The standard InChI is InChI=1S/C14H15BrO3/c15-12-5-3-9(4-6-12)11(8-14(17)18)7-13(16)10-1-2-10/h3-6,10-11H,1-2,7-8H2,(H,17,18)/p-1/t11-/m1/s1. The Morgan fingerprint density at radius 3 is 2.33 bits per heavy atom. The van der Waals surface area contributed by atoms with Crippen LogP contribution in [0, 0.1) is 5.92 Å². The molecule has 2 rings (SSSR count). The van der Waals surface area contributed by atoms with Gasteiger partial charge in [-0.15, -0.1) is 0 Å². The lowest BCUT2D eigenvalue weighted by molar-refractivity contribution is -0.306. The second kappa shape index (κ2) is 5.65. The van der Waals surface area contributed by atoms with Gasteiger partial charge in [0.05, 0.1) is 0 Å². The smallest absolute Gasteiger partial charge is 0.136 e. The normalized spacial score (nSPS) is 16.3. The minimum Gasteiger partial charge on any atom is -0.550 e. The molecule has 0 unspecified atom stereocenters. The SMILES string of the molecule is O=C([O-])C[C@@H](CC(=O)C1CC1)c1ccc(Br)cc1. The molecule has 1 aromatic carbocycles. The summed E-state index contributed by atoms with van der Waals surface area (Å²) in [5.41, 5.74) is 0.886. The van der Waals surface area contributed by atoms with Gasteiger partial charge in [0.2, 0.25) is 0 Å². The Labute approximate surface area is 114 Å². The van der Waals surface area contributed by atoms with Crippen molar-refractivity contribution in [2.75, 3.05) is 0 Å². The van der Waals surface area contributed by atoms with Gasteiger partial charge in [-0.25, -0.2) is 0 Å². The first-order valence-corrected chi connectivity index (χ1v) is 6.83. The fraction of sp³-hybridized carbons (Fsp3) is 0.429. The van der Waals surface area contributed by atoms with E-state index in [0.29, 0.717) is 6.42 Å². The minimum atomic E-state index is -1.11. The van der Waals surface area contributed by atoms with Gasteiger partial charge in [-0.05, 0) is 42.9 Å². The van der Waals surface area contributed by atoms with Crippen LogP contribution in [0.25, 0.3) is 0 Å². The fourth-order valence-electron chi connectivity index (χ4n) is 2.06. The van der Waals surface area contributed by atoms with Crippen molar-refractivity contribution in [2.45, 2.75) is 31.6 Å². The molecule has 0 N–H and O–H groups in total. The van der Waals surface area contributed by atoms with Crippen LogP contribution in [0.5, 0.6) is 0 Å². The van der Waals surface area contributed by atoms with E-state index in [4.69, 9.17) is 0 Å². The quantitative estimate of drug-likeness (QED) is 0.808. The molecule has 4 heteroatoms. The molecule has 0 radical (unpaired) electrons. The van der Waals surface area contributed by atoms with Crippen molar-refractivity contribution in [1.29, 1.82) is 0 Å². The van der Waals surface area contributed by atoms with Gasteiger partial charge in [-0.3, -0.25) is 4.79 Å². The van der Waals surface area contributed by atoms with E-state index in [1.807, 2.05) is 24.3 Å². The van der Waals surface area contributed by atoms with E-state index in [1.165, 1.54) is 0 Å². The van der Waals surface area contributed by atoms with Gasteiger partial charge in [-0.1, -0.05) is 28.1 Å². The van der Waals surface area contributed by atoms with Crippen molar-refractivity contribution in [3.8, 4) is 0 Å². The van der Waals surface area contributed by atoms with Crippen LogP contribution in [0.3, 0.4) is 0 Å². The highest BCUT2D eigenvalue weighted by atomic mass is 79.9. The number of ketones is 1. The van der Waals surface area contributed by atoms with Gasteiger partial charge in [0.15, 0.2) is 0 Å². The molecule has 3 nitrogen and oxygen atoms in total. The average molecular weight is 310 g/mol. The maximum absolute atomic E-state index is 11.8. The Hall–Kier alpha value is -1.16. The molecule has 1 aliphatic rings. The molecule has 0 aromatic heterocycles. The largest absolute Gasteiger partial charge is 0.550 e. The third-order valence-corrected chi connectivity index (χ3v) is 3.76. The number of halogens is 1. The molecule has 1 fully saturated rings. The van der Waals surface area contributed by atoms with E-state index >= 15 is 0 Å². The summed E-state index contributed by atoms with van der Waals surface area (Å²) in [6.07, 6.45) is 2.12. The van der Waals surface area contributed by atoms with Crippen LogP contribution in [0.15, 0.2) is 28.7 Å². The third-order valence-electron chi connectivity index (χ3n) is 3.23. The highest BCUT2D eigenvalue weighted by Crippen LogP contribution is 2.35. The van der Waals surface area contributed by atoms with E-state index in [-0.39, 0.29) is 24.0 Å². The van der Waals surface area contributed by atoms with Gasteiger partial charge in [0.1, 0.15) is 5.78 Å². The monoisotopic (exact) mass is 309 g/mol. The number of aliphatic carboxylic acids is 1. The molecule has 0 amide bonds. The number of carbonyl (C=O) groups excluding carboxylic acids is 2. The van der Waals surface area contributed by atoms with Crippen LogP contribution in [-0.4, -0.2) is 11.8 Å². The molecule has 0 spiro atoms. The van der Waals surface area contributed by atoms with E-state index in [1.54, 1.807) is 0 Å². The summed E-state index contributed by atoms with van der Waals surface area (Å²) in [5.74, 6) is -1.02. The molecule has 96 valence electrons. The van der Waals surface area contributed by atoms with Crippen LogP contribution < -0.4 is 5.11 Å². The Kier molecular flexibility index (Phi) is 4.17. The highest BCUT2D eigenvalue weighted by molar-refractivity contribution is 9.10. The molecule has 0 bridgehead atoms. The number of carbonyl (C=O) groups is 2. The Morgan fingerprint density at radius 2 is 1.83 bits per heavy atom. The Morgan fingerprint density at radius 1 is 1.22 bits per heavy atom. The maximum atomic E-state index is 11.8. The summed E-state index contributed by atoms with van der Waals surface area (Å²) < 4.78 is 0.937. The van der Waals surface area contributed by atoms with Gasteiger partial charge in [0, 0.05) is 22.8 Å².